The van der Waals surface area contributed by atoms with Crippen molar-refractivity contribution in [3.8, 4) is 0 Å². The van der Waals surface area contributed by atoms with Crippen LogP contribution in [-0.4, -0.2) is 26.8 Å². The molecule has 1 fully saturated rings. The summed E-state index contributed by atoms with van der Waals surface area (Å²) in [5.41, 5.74) is 0. The van der Waals surface area contributed by atoms with Crippen LogP contribution in [0.25, 0.3) is 0 Å². The molecule has 0 amide bonds. The third-order valence-corrected chi connectivity index (χ3v) is 4.33. The van der Waals surface area contributed by atoms with Crippen LogP contribution in [0.5, 0.6) is 0 Å². The molecule has 0 atom stereocenters. The Morgan fingerprint density at radius 3 is 2.65 bits per heavy atom. The molecule has 0 aromatic heterocycles. The third kappa shape index (κ3) is 3.23. The lowest BCUT2D eigenvalue weighted by Crippen LogP contribution is -2.25. The topological polar surface area (TPSA) is 46.2 Å². The second kappa shape index (κ2) is 4.70. The largest absolute Gasteiger partial charge is 0.313 e. The van der Waals surface area contributed by atoms with E-state index in [9.17, 15) is 17.2 Å². The van der Waals surface area contributed by atoms with Crippen LogP contribution in [0.2, 0.25) is 0 Å². The number of halogens is 2. The highest BCUT2D eigenvalue weighted by Crippen LogP contribution is 2.19. The van der Waals surface area contributed by atoms with Crippen LogP contribution in [-0.2, 0) is 9.84 Å². The fraction of sp³-hybridized carbons (Fsp3) is 0.455. The molecule has 1 aromatic rings. The average Bonchev–Trinajstić information content (AvgIpc) is 3.05. The van der Waals surface area contributed by atoms with Gasteiger partial charge >= 0.3 is 0 Å². The van der Waals surface area contributed by atoms with Crippen molar-refractivity contribution >= 4 is 9.84 Å². The minimum atomic E-state index is -3.76. The normalized spacial score (nSPS) is 16.1. The molecule has 0 saturated heterocycles. The van der Waals surface area contributed by atoms with Gasteiger partial charge in [0.2, 0.25) is 0 Å². The first-order valence-electron chi connectivity index (χ1n) is 5.40. The Balaban J connectivity index is 2.09. The predicted octanol–water partition coefficient (Wildman–Crippen LogP) is 1.49. The van der Waals surface area contributed by atoms with Crippen molar-refractivity contribution < 1.29 is 17.2 Å². The molecule has 0 radical (unpaired) electrons. The highest BCUT2D eigenvalue weighted by atomic mass is 32.2. The Morgan fingerprint density at radius 1 is 1.29 bits per heavy atom. The maximum atomic E-state index is 13.3. The lowest BCUT2D eigenvalue weighted by atomic mass is 10.3. The first kappa shape index (κ1) is 12.4. The summed E-state index contributed by atoms with van der Waals surface area (Å²) in [6, 6.07) is 2.84. The SMILES string of the molecule is O=S(=O)(CCNC1CC1)c1cc(F)ccc1F. The van der Waals surface area contributed by atoms with E-state index in [2.05, 4.69) is 5.32 Å². The monoisotopic (exact) mass is 261 g/mol. The third-order valence-electron chi connectivity index (χ3n) is 2.61. The molecule has 0 spiro atoms. The predicted molar refractivity (Wildman–Crippen MR) is 59.4 cm³/mol. The Labute approximate surface area is 98.8 Å². The summed E-state index contributed by atoms with van der Waals surface area (Å²) in [5.74, 6) is -1.87. The van der Waals surface area contributed by atoms with Crippen molar-refractivity contribution in [2.75, 3.05) is 12.3 Å². The molecule has 0 heterocycles. The van der Waals surface area contributed by atoms with Gasteiger partial charge in [-0.15, -0.1) is 0 Å². The number of nitrogens with one attached hydrogen (secondary N) is 1. The van der Waals surface area contributed by atoms with Gasteiger partial charge in [-0.1, -0.05) is 0 Å². The molecule has 0 bridgehead atoms. The summed E-state index contributed by atoms with van der Waals surface area (Å²) < 4.78 is 49.7. The molecule has 1 saturated carbocycles. The van der Waals surface area contributed by atoms with Gasteiger partial charge in [0.15, 0.2) is 9.84 Å². The van der Waals surface area contributed by atoms with Crippen LogP contribution in [0.15, 0.2) is 23.1 Å². The second-order valence-corrected chi connectivity index (χ2v) is 6.20. The Hall–Kier alpha value is -1.01. The minimum Gasteiger partial charge on any atom is -0.313 e. The highest BCUT2D eigenvalue weighted by molar-refractivity contribution is 7.91. The summed E-state index contributed by atoms with van der Waals surface area (Å²) in [6.07, 6.45) is 2.10. The number of rotatable bonds is 5. The van der Waals surface area contributed by atoms with Gasteiger partial charge in [-0.25, -0.2) is 17.2 Å². The summed E-state index contributed by atoms with van der Waals surface area (Å²) in [6.45, 7) is 0.267. The quantitative estimate of drug-likeness (QED) is 0.873. The van der Waals surface area contributed by atoms with Crippen molar-refractivity contribution in [3.05, 3.63) is 29.8 Å². The van der Waals surface area contributed by atoms with Gasteiger partial charge < -0.3 is 5.32 Å². The summed E-state index contributed by atoms with van der Waals surface area (Å²) in [5, 5.41) is 3.02. The van der Waals surface area contributed by atoms with E-state index in [1.165, 1.54) is 0 Å². The van der Waals surface area contributed by atoms with Gasteiger partial charge in [-0.3, -0.25) is 0 Å². The van der Waals surface area contributed by atoms with Crippen LogP contribution in [0.1, 0.15) is 12.8 Å². The zero-order valence-corrected chi connectivity index (χ0v) is 9.93. The summed E-state index contributed by atoms with van der Waals surface area (Å²) in [7, 11) is -3.76. The van der Waals surface area contributed by atoms with Crippen LogP contribution < -0.4 is 5.32 Å². The summed E-state index contributed by atoms with van der Waals surface area (Å²) >= 11 is 0. The molecule has 1 aliphatic rings. The lowest BCUT2D eigenvalue weighted by Gasteiger charge is -2.06. The van der Waals surface area contributed by atoms with Crippen LogP contribution in [0.4, 0.5) is 8.78 Å². The van der Waals surface area contributed by atoms with E-state index in [0.717, 1.165) is 31.0 Å². The first-order chi connectivity index (χ1) is 7.99. The highest BCUT2D eigenvalue weighted by Gasteiger charge is 2.23. The number of hydrogen-bond donors (Lipinski definition) is 1. The molecule has 2 rings (SSSR count). The molecule has 1 aromatic carbocycles. The molecule has 94 valence electrons. The standard InChI is InChI=1S/C11H13F2NO2S/c12-8-1-4-10(13)11(7-8)17(15,16)6-5-14-9-2-3-9/h1,4,7,9,14H,2-3,5-6H2. The number of benzene rings is 1. The Morgan fingerprint density at radius 2 is 2.00 bits per heavy atom. The lowest BCUT2D eigenvalue weighted by molar-refractivity contribution is 0.551. The Bertz CT molecular complexity index is 512. The van der Waals surface area contributed by atoms with Gasteiger partial charge in [0.05, 0.1) is 5.75 Å². The first-order valence-corrected chi connectivity index (χ1v) is 7.05. The fourth-order valence-electron chi connectivity index (χ4n) is 1.51. The maximum Gasteiger partial charge on any atom is 0.182 e. The van der Waals surface area contributed by atoms with Crippen molar-refractivity contribution in [1.82, 2.24) is 5.32 Å². The van der Waals surface area contributed by atoms with Gasteiger partial charge in [-0.05, 0) is 31.0 Å². The molecule has 17 heavy (non-hydrogen) atoms. The van der Waals surface area contributed by atoms with Crippen molar-refractivity contribution in [2.24, 2.45) is 0 Å². The van der Waals surface area contributed by atoms with Crippen LogP contribution >= 0.6 is 0 Å². The van der Waals surface area contributed by atoms with E-state index in [1.54, 1.807) is 0 Å². The van der Waals surface area contributed by atoms with Crippen LogP contribution in [0.3, 0.4) is 0 Å². The molecule has 6 heteroatoms. The second-order valence-electron chi connectivity index (χ2n) is 4.12. The molecule has 1 aliphatic carbocycles. The molecule has 0 unspecified atom stereocenters. The van der Waals surface area contributed by atoms with Gasteiger partial charge in [0.1, 0.15) is 16.5 Å². The van der Waals surface area contributed by atoms with Gasteiger partial charge in [0, 0.05) is 12.6 Å². The molecular formula is C11H13F2NO2S. The number of sulfone groups is 1. The molecule has 3 nitrogen and oxygen atoms in total. The van der Waals surface area contributed by atoms with E-state index >= 15 is 0 Å². The van der Waals surface area contributed by atoms with E-state index in [-0.39, 0.29) is 12.3 Å². The van der Waals surface area contributed by atoms with Gasteiger partial charge in [0.25, 0.3) is 0 Å². The smallest absolute Gasteiger partial charge is 0.182 e. The molecule has 0 aliphatic heterocycles. The number of hydrogen-bond acceptors (Lipinski definition) is 3. The Kier molecular flexibility index (Phi) is 3.44. The average molecular weight is 261 g/mol. The van der Waals surface area contributed by atoms with E-state index in [0.29, 0.717) is 6.04 Å². The zero-order chi connectivity index (χ0) is 12.5. The molecule has 1 N–H and O–H groups in total. The summed E-state index contributed by atoms with van der Waals surface area (Å²) in [4.78, 5) is -0.560. The molecular weight excluding hydrogens is 248 g/mol. The van der Waals surface area contributed by atoms with Crippen molar-refractivity contribution in [2.45, 2.75) is 23.8 Å². The van der Waals surface area contributed by atoms with Gasteiger partial charge in [-0.2, -0.15) is 0 Å². The minimum absolute atomic E-state index is 0.218. The van der Waals surface area contributed by atoms with Crippen molar-refractivity contribution in [1.29, 1.82) is 0 Å². The van der Waals surface area contributed by atoms with E-state index in [1.807, 2.05) is 0 Å². The zero-order valence-electron chi connectivity index (χ0n) is 9.12. The fourth-order valence-corrected chi connectivity index (χ4v) is 2.77. The maximum absolute atomic E-state index is 13.3. The van der Waals surface area contributed by atoms with E-state index < -0.39 is 26.4 Å². The van der Waals surface area contributed by atoms with Crippen molar-refractivity contribution in [3.63, 3.8) is 0 Å². The van der Waals surface area contributed by atoms with E-state index in [4.69, 9.17) is 0 Å². The van der Waals surface area contributed by atoms with Crippen LogP contribution in [0, 0.1) is 11.6 Å².